The Bertz CT molecular complexity index is 1560. The maximum absolute atomic E-state index is 13.4. The van der Waals surface area contributed by atoms with Gasteiger partial charge in [-0.25, -0.2) is 4.98 Å². The van der Waals surface area contributed by atoms with Gasteiger partial charge in [-0.15, -0.1) is 11.3 Å². The van der Waals surface area contributed by atoms with E-state index in [9.17, 15) is 4.79 Å². The van der Waals surface area contributed by atoms with Crippen molar-refractivity contribution in [2.24, 2.45) is 0 Å². The summed E-state index contributed by atoms with van der Waals surface area (Å²) in [5.41, 5.74) is 7.60. The molecule has 5 aromatic rings. The van der Waals surface area contributed by atoms with Crippen molar-refractivity contribution in [2.45, 2.75) is 26.2 Å². The molecule has 0 bridgehead atoms. The van der Waals surface area contributed by atoms with E-state index in [-0.39, 0.29) is 5.91 Å². The minimum Gasteiger partial charge on any atom is -0.322 e. The van der Waals surface area contributed by atoms with Crippen LogP contribution < -0.4 is 5.32 Å². The minimum absolute atomic E-state index is 0.119. The summed E-state index contributed by atoms with van der Waals surface area (Å²) in [7, 11) is 0. The summed E-state index contributed by atoms with van der Waals surface area (Å²) in [5.74, 6) is -0.119. The van der Waals surface area contributed by atoms with E-state index in [1.54, 1.807) is 11.3 Å². The molecule has 0 fully saturated rings. The lowest BCUT2D eigenvalue weighted by molar-refractivity contribution is 0.102. The number of hydrogen-bond donors (Lipinski definition) is 1. The van der Waals surface area contributed by atoms with Crippen molar-refractivity contribution < 1.29 is 4.79 Å². The lowest BCUT2D eigenvalue weighted by Crippen LogP contribution is -2.15. The Hall–Kier alpha value is -3.28. The number of benzene rings is 3. The van der Waals surface area contributed by atoms with E-state index in [1.165, 1.54) is 10.3 Å². The van der Waals surface area contributed by atoms with E-state index in [0.29, 0.717) is 10.6 Å². The molecule has 1 amide bonds. The number of amides is 1. The number of aromatic nitrogens is 2. The molecule has 2 heterocycles. The Morgan fingerprint density at radius 2 is 1.79 bits per heavy atom. The molecule has 0 aliphatic heterocycles. The molecule has 6 rings (SSSR count). The minimum atomic E-state index is -0.119. The first-order valence-corrected chi connectivity index (χ1v) is 12.1. The Kier molecular flexibility index (Phi) is 4.89. The third kappa shape index (κ3) is 3.67. The molecule has 0 saturated heterocycles. The van der Waals surface area contributed by atoms with E-state index in [1.807, 2.05) is 42.5 Å². The van der Waals surface area contributed by atoms with Crippen LogP contribution in [0.25, 0.3) is 31.7 Å². The predicted octanol–water partition coefficient (Wildman–Crippen LogP) is 7.21. The quantitative estimate of drug-likeness (QED) is 0.303. The number of hydrogen-bond acceptors (Lipinski definition) is 4. The number of anilines is 1. The van der Waals surface area contributed by atoms with Gasteiger partial charge in [-0.3, -0.25) is 9.78 Å². The Morgan fingerprint density at radius 3 is 2.64 bits per heavy atom. The zero-order valence-electron chi connectivity index (χ0n) is 18.0. The number of nitrogens with one attached hydrogen (secondary N) is 1. The Balaban J connectivity index is 1.32. The molecular formula is C27H20ClN3OS. The van der Waals surface area contributed by atoms with Gasteiger partial charge in [0.25, 0.3) is 5.91 Å². The first kappa shape index (κ1) is 20.3. The molecule has 6 heteroatoms. The fraction of sp³-hybridized carbons (Fsp3) is 0.148. The molecule has 2 aromatic heterocycles. The van der Waals surface area contributed by atoms with Crippen LogP contribution in [0, 0.1) is 6.92 Å². The first-order chi connectivity index (χ1) is 16.0. The number of thiazole rings is 1. The van der Waals surface area contributed by atoms with Gasteiger partial charge in [-0.05, 0) is 91.9 Å². The van der Waals surface area contributed by atoms with Gasteiger partial charge in [0.1, 0.15) is 5.01 Å². The van der Waals surface area contributed by atoms with Gasteiger partial charge < -0.3 is 5.32 Å². The Labute approximate surface area is 200 Å². The van der Waals surface area contributed by atoms with Crippen LogP contribution >= 0.6 is 22.9 Å². The van der Waals surface area contributed by atoms with E-state index < -0.39 is 0 Å². The summed E-state index contributed by atoms with van der Waals surface area (Å²) in [6.07, 6.45) is 2.79. The second-order valence-corrected chi connectivity index (χ2v) is 9.92. The topological polar surface area (TPSA) is 54.9 Å². The van der Waals surface area contributed by atoms with Crippen LogP contribution in [0.15, 0.2) is 60.7 Å². The standard InChI is InChI=1S/C27H20ClN3OS/c1-15-5-11-23-24(13-15)33-27(31-23)16-6-9-18(10-7-16)29-26(32)25-19-3-2-4-21(19)30-22-12-8-17(28)14-20(22)25/h5-14H,2-4H2,1H3,(H,29,32). The normalized spacial score (nSPS) is 12.9. The van der Waals surface area contributed by atoms with Crippen LogP contribution in [0.1, 0.15) is 33.6 Å². The third-order valence-corrected chi connectivity index (χ3v) is 7.44. The van der Waals surface area contributed by atoms with E-state index in [4.69, 9.17) is 21.6 Å². The van der Waals surface area contributed by atoms with Crippen molar-refractivity contribution in [2.75, 3.05) is 5.32 Å². The number of pyridine rings is 1. The number of carbonyl (C=O) groups excluding carboxylic acids is 1. The van der Waals surface area contributed by atoms with Crippen molar-refractivity contribution in [1.82, 2.24) is 9.97 Å². The largest absolute Gasteiger partial charge is 0.322 e. The summed E-state index contributed by atoms with van der Waals surface area (Å²) >= 11 is 7.94. The molecule has 0 radical (unpaired) electrons. The average Bonchev–Trinajstić information content (AvgIpc) is 3.44. The highest BCUT2D eigenvalue weighted by Gasteiger charge is 2.24. The van der Waals surface area contributed by atoms with Crippen LogP contribution in [-0.2, 0) is 12.8 Å². The molecule has 33 heavy (non-hydrogen) atoms. The number of halogens is 1. The lowest BCUT2D eigenvalue weighted by Gasteiger charge is -2.13. The number of fused-ring (bicyclic) bond motifs is 3. The molecule has 1 aliphatic rings. The number of nitrogens with zero attached hydrogens (tertiary/aromatic N) is 2. The third-order valence-electron chi connectivity index (χ3n) is 6.13. The number of aryl methyl sites for hydroxylation is 2. The average molecular weight is 470 g/mol. The second kappa shape index (κ2) is 7.94. The zero-order chi connectivity index (χ0) is 22.5. The van der Waals surface area contributed by atoms with Crippen LogP contribution in [0.2, 0.25) is 5.02 Å². The smallest absolute Gasteiger partial charge is 0.256 e. The molecule has 162 valence electrons. The summed E-state index contributed by atoms with van der Waals surface area (Å²) < 4.78 is 1.18. The maximum Gasteiger partial charge on any atom is 0.256 e. The SMILES string of the molecule is Cc1ccc2nc(-c3ccc(NC(=O)c4c5c(nc6ccc(Cl)cc46)CCC5)cc3)sc2c1. The molecule has 1 N–H and O–H groups in total. The fourth-order valence-corrected chi connectivity index (χ4v) is 5.78. The number of rotatable bonds is 3. The Morgan fingerprint density at radius 1 is 0.970 bits per heavy atom. The van der Waals surface area contributed by atoms with Crippen LogP contribution in [0.3, 0.4) is 0 Å². The molecular weight excluding hydrogens is 450 g/mol. The first-order valence-electron chi connectivity index (χ1n) is 11.0. The van der Waals surface area contributed by atoms with Crippen LogP contribution in [0.5, 0.6) is 0 Å². The maximum atomic E-state index is 13.4. The van der Waals surface area contributed by atoms with Crippen LogP contribution in [-0.4, -0.2) is 15.9 Å². The molecule has 0 atom stereocenters. The molecule has 1 aliphatic carbocycles. The number of carbonyl (C=O) groups is 1. The molecule has 0 unspecified atom stereocenters. The highest BCUT2D eigenvalue weighted by Crippen LogP contribution is 2.33. The van der Waals surface area contributed by atoms with Gasteiger partial charge in [0.05, 0.1) is 21.3 Å². The van der Waals surface area contributed by atoms with Crippen molar-refractivity contribution >= 4 is 55.7 Å². The summed E-state index contributed by atoms with van der Waals surface area (Å²) in [4.78, 5) is 22.9. The van der Waals surface area contributed by atoms with Gasteiger partial charge in [0.15, 0.2) is 0 Å². The summed E-state index contributed by atoms with van der Waals surface area (Å²) in [6.45, 7) is 2.09. The second-order valence-electron chi connectivity index (χ2n) is 8.45. The molecule has 0 saturated carbocycles. The van der Waals surface area contributed by atoms with Gasteiger partial charge >= 0.3 is 0 Å². The van der Waals surface area contributed by atoms with Crippen molar-refractivity contribution in [3.05, 3.63) is 88.1 Å². The molecule has 4 nitrogen and oxygen atoms in total. The van der Waals surface area contributed by atoms with E-state index in [0.717, 1.165) is 63.2 Å². The van der Waals surface area contributed by atoms with E-state index in [2.05, 4.69) is 30.4 Å². The van der Waals surface area contributed by atoms with Crippen LogP contribution in [0.4, 0.5) is 5.69 Å². The highest BCUT2D eigenvalue weighted by molar-refractivity contribution is 7.21. The highest BCUT2D eigenvalue weighted by atomic mass is 35.5. The van der Waals surface area contributed by atoms with E-state index >= 15 is 0 Å². The molecule has 0 spiro atoms. The van der Waals surface area contributed by atoms with Gasteiger partial charge in [-0.1, -0.05) is 17.7 Å². The predicted molar refractivity (Wildman–Crippen MR) is 137 cm³/mol. The van der Waals surface area contributed by atoms with Crippen molar-refractivity contribution in [3.8, 4) is 10.6 Å². The monoisotopic (exact) mass is 469 g/mol. The van der Waals surface area contributed by atoms with Gasteiger partial charge in [-0.2, -0.15) is 0 Å². The summed E-state index contributed by atoms with van der Waals surface area (Å²) in [6, 6.07) is 19.7. The molecule has 3 aromatic carbocycles. The van der Waals surface area contributed by atoms with Crippen molar-refractivity contribution in [3.63, 3.8) is 0 Å². The van der Waals surface area contributed by atoms with Gasteiger partial charge in [0, 0.05) is 27.4 Å². The van der Waals surface area contributed by atoms with Crippen molar-refractivity contribution in [1.29, 1.82) is 0 Å². The zero-order valence-corrected chi connectivity index (χ0v) is 19.6. The lowest BCUT2D eigenvalue weighted by atomic mass is 10.0. The summed E-state index contributed by atoms with van der Waals surface area (Å²) in [5, 5.41) is 5.47. The van der Waals surface area contributed by atoms with Gasteiger partial charge in [0.2, 0.25) is 0 Å². The fourth-order valence-electron chi connectivity index (χ4n) is 4.54.